The first-order valence-electron chi connectivity index (χ1n) is 8.71. The molecule has 0 aromatic heterocycles. The van der Waals surface area contributed by atoms with Gasteiger partial charge in [-0.15, -0.1) is 0 Å². The molecular formula is C18H24F2N2O3. The first-order chi connectivity index (χ1) is 11.9. The lowest BCUT2D eigenvalue weighted by Crippen LogP contribution is -2.55. The molecule has 2 atom stereocenters. The number of halogens is 2. The monoisotopic (exact) mass is 354 g/mol. The minimum absolute atomic E-state index is 0.0655. The molecule has 5 nitrogen and oxygen atoms in total. The SMILES string of the molecule is Cc1cc(OC(F)F)ccc1NC(=O)N1CC[C@@]2(O)CCCC[C@H]2C1. The van der Waals surface area contributed by atoms with Crippen LogP contribution >= 0.6 is 0 Å². The van der Waals surface area contributed by atoms with Gasteiger partial charge in [0.15, 0.2) is 0 Å². The van der Waals surface area contributed by atoms with Crippen LogP contribution < -0.4 is 10.1 Å². The molecule has 1 heterocycles. The predicted molar refractivity (Wildman–Crippen MR) is 89.9 cm³/mol. The number of benzene rings is 1. The molecule has 1 saturated heterocycles. The van der Waals surface area contributed by atoms with Gasteiger partial charge in [0.25, 0.3) is 0 Å². The molecule has 1 aliphatic heterocycles. The van der Waals surface area contributed by atoms with Crippen LogP contribution in [0, 0.1) is 12.8 Å². The normalized spacial score (nSPS) is 26.3. The quantitative estimate of drug-likeness (QED) is 0.869. The van der Waals surface area contributed by atoms with E-state index in [-0.39, 0.29) is 17.7 Å². The lowest BCUT2D eigenvalue weighted by molar-refractivity contribution is -0.0863. The summed E-state index contributed by atoms with van der Waals surface area (Å²) in [6, 6.07) is 4.22. The Morgan fingerprint density at radius 2 is 2.20 bits per heavy atom. The molecule has 0 bridgehead atoms. The Morgan fingerprint density at radius 3 is 2.92 bits per heavy atom. The van der Waals surface area contributed by atoms with E-state index in [2.05, 4.69) is 10.1 Å². The number of likely N-dealkylation sites (tertiary alicyclic amines) is 1. The van der Waals surface area contributed by atoms with Crippen LogP contribution in [0.2, 0.25) is 0 Å². The number of carbonyl (C=O) groups excluding carboxylic acids is 1. The van der Waals surface area contributed by atoms with E-state index in [1.54, 1.807) is 17.9 Å². The highest BCUT2D eigenvalue weighted by atomic mass is 19.3. The molecule has 2 aliphatic rings. The zero-order valence-corrected chi connectivity index (χ0v) is 14.3. The topological polar surface area (TPSA) is 61.8 Å². The van der Waals surface area contributed by atoms with Crippen LogP contribution in [-0.4, -0.2) is 41.3 Å². The number of urea groups is 1. The number of amides is 2. The van der Waals surface area contributed by atoms with Crippen LogP contribution in [0.3, 0.4) is 0 Å². The fourth-order valence-corrected chi connectivity index (χ4v) is 3.90. The zero-order valence-electron chi connectivity index (χ0n) is 14.3. The summed E-state index contributed by atoms with van der Waals surface area (Å²) in [5.41, 5.74) is 0.591. The smallest absolute Gasteiger partial charge is 0.387 e. The van der Waals surface area contributed by atoms with Crippen molar-refractivity contribution in [1.29, 1.82) is 0 Å². The largest absolute Gasteiger partial charge is 0.435 e. The van der Waals surface area contributed by atoms with E-state index >= 15 is 0 Å². The van der Waals surface area contributed by atoms with E-state index < -0.39 is 12.2 Å². The molecule has 138 valence electrons. The van der Waals surface area contributed by atoms with E-state index in [0.29, 0.717) is 30.8 Å². The number of aryl methyl sites for hydroxylation is 1. The van der Waals surface area contributed by atoms with Gasteiger partial charge in [-0.25, -0.2) is 4.79 Å². The minimum atomic E-state index is -2.87. The van der Waals surface area contributed by atoms with Gasteiger partial charge in [-0.3, -0.25) is 0 Å². The first-order valence-corrected chi connectivity index (χ1v) is 8.71. The average Bonchev–Trinajstić information content (AvgIpc) is 2.55. The van der Waals surface area contributed by atoms with Crippen molar-refractivity contribution in [1.82, 2.24) is 4.90 Å². The zero-order chi connectivity index (χ0) is 18.0. The highest BCUT2D eigenvalue weighted by Gasteiger charge is 2.43. The molecule has 0 unspecified atom stereocenters. The summed E-state index contributed by atoms with van der Waals surface area (Å²) in [6.45, 7) is -0.0787. The summed E-state index contributed by atoms with van der Waals surface area (Å²) in [5.74, 6) is 0.194. The van der Waals surface area contributed by atoms with Gasteiger partial charge in [0, 0.05) is 24.7 Å². The number of carbonyl (C=O) groups is 1. The molecule has 1 aromatic carbocycles. The van der Waals surface area contributed by atoms with Gasteiger partial charge in [-0.05, 0) is 49.9 Å². The second-order valence-corrected chi connectivity index (χ2v) is 7.03. The number of rotatable bonds is 3. The van der Waals surface area contributed by atoms with E-state index in [4.69, 9.17) is 0 Å². The number of piperidine rings is 1. The molecular weight excluding hydrogens is 330 g/mol. The summed E-state index contributed by atoms with van der Waals surface area (Å²) >= 11 is 0. The summed E-state index contributed by atoms with van der Waals surface area (Å²) in [4.78, 5) is 14.3. The van der Waals surface area contributed by atoms with Crippen molar-refractivity contribution in [2.24, 2.45) is 5.92 Å². The highest BCUT2D eigenvalue weighted by Crippen LogP contribution is 2.39. The second-order valence-electron chi connectivity index (χ2n) is 7.03. The number of alkyl halides is 2. The number of fused-ring (bicyclic) bond motifs is 1. The van der Waals surface area contributed by atoms with E-state index in [0.717, 1.165) is 25.7 Å². The Kier molecular flexibility index (Phi) is 5.13. The fourth-order valence-electron chi connectivity index (χ4n) is 3.90. The van der Waals surface area contributed by atoms with Gasteiger partial charge >= 0.3 is 12.6 Å². The maximum atomic E-state index is 12.5. The van der Waals surface area contributed by atoms with Gasteiger partial charge in [-0.1, -0.05) is 12.8 Å². The number of nitrogens with zero attached hydrogens (tertiary/aromatic N) is 1. The number of hydrogen-bond acceptors (Lipinski definition) is 3. The standard InChI is InChI=1S/C18H24F2N2O3/c1-12-10-14(25-16(19)20)5-6-15(12)21-17(23)22-9-8-18(24)7-3-2-4-13(18)11-22/h5-6,10,13,16,24H,2-4,7-9,11H2,1H3,(H,21,23)/t13-,18-/m0/s1. The van der Waals surface area contributed by atoms with Crippen molar-refractivity contribution in [2.75, 3.05) is 18.4 Å². The van der Waals surface area contributed by atoms with Crippen molar-refractivity contribution in [3.05, 3.63) is 23.8 Å². The molecule has 2 amide bonds. The van der Waals surface area contributed by atoms with Crippen molar-refractivity contribution in [3.63, 3.8) is 0 Å². The maximum absolute atomic E-state index is 12.5. The van der Waals surface area contributed by atoms with Crippen LogP contribution in [-0.2, 0) is 0 Å². The number of aliphatic hydroxyl groups is 1. The molecule has 1 saturated carbocycles. The Hall–Kier alpha value is -1.89. The Balaban J connectivity index is 1.62. The minimum Gasteiger partial charge on any atom is -0.435 e. The molecule has 0 spiro atoms. The van der Waals surface area contributed by atoms with Gasteiger partial charge < -0.3 is 20.1 Å². The van der Waals surface area contributed by atoms with Gasteiger partial charge in [0.05, 0.1) is 5.60 Å². The van der Waals surface area contributed by atoms with Crippen molar-refractivity contribution in [3.8, 4) is 5.75 Å². The lowest BCUT2D eigenvalue weighted by Gasteiger charge is -2.47. The number of hydrogen-bond donors (Lipinski definition) is 2. The lowest BCUT2D eigenvalue weighted by atomic mass is 9.71. The van der Waals surface area contributed by atoms with Crippen LogP contribution in [0.5, 0.6) is 5.75 Å². The van der Waals surface area contributed by atoms with Crippen LogP contribution in [0.25, 0.3) is 0 Å². The third-order valence-corrected chi connectivity index (χ3v) is 5.38. The predicted octanol–water partition coefficient (Wildman–Crippen LogP) is 3.76. The average molecular weight is 354 g/mol. The molecule has 1 aliphatic carbocycles. The molecule has 0 radical (unpaired) electrons. The van der Waals surface area contributed by atoms with Gasteiger partial charge in [0.2, 0.25) is 0 Å². The highest BCUT2D eigenvalue weighted by molar-refractivity contribution is 5.90. The van der Waals surface area contributed by atoms with E-state index in [9.17, 15) is 18.7 Å². The molecule has 3 rings (SSSR count). The molecule has 2 fully saturated rings. The van der Waals surface area contributed by atoms with Gasteiger partial charge in [0.1, 0.15) is 5.75 Å². The van der Waals surface area contributed by atoms with Crippen LogP contribution in [0.15, 0.2) is 18.2 Å². The van der Waals surface area contributed by atoms with Crippen molar-refractivity contribution >= 4 is 11.7 Å². The van der Waals surface area contributed by atoms with E-state index in [1.165, 1.54) is 12.1 Å². The third-order valence-electron chi connectivity index (χ3n) is 5.38. The third kappa shape index (κ3) is 4.03. The summed E-state index contributed by atoms with van der Waals surface area (Å²) in [6.07, 6.45) is 4.50. The van der Waals surface area contributed by atoms with Gasteiger partial charge in [-0.2, -0.15) is 8.78 Å². The fraction of sp³-hybridized carbons (Fsp3) is 0.611. The summed E-state index contributed by atoms with van der Waals surface area (Å²) in [5, 5.41) is 13.5. The molecule has 2 N–H and O–H groups in total. The Bertz CT molecular complexity index is 641. The molecule has 25 heavy (non-hydrogen) atoms. The van der Waals surface area contributed by atoms with Crippen molar-refractivity contribution < 1.29 is 23.4 Å². The maximum Gasteiger partial charge on any atom is 0.387 e. The van der Waals surface area contributed by atoms with Crippen LogP contribution in [0.4, 0.5) is 19.3 Å². The Morgan fingerprint density at radius 1 is 1.40 bits per heavy atom. The number of anilines is 1. The first kappa shape index (κ1) is 17.9. The summed E-state index contributed by atoms with van der Waals surface area (Å²) < 4.78 is 28.9. The second kappa shape index (κ2) is 7.15. The molecule has 7 heteroatoms. The van der Waals surface area contributed by atoms with E-state index in [1.807, 2.05) is 0 Å². The Labute approximate surface area is 146 Å². The number of ether oxygens (including phenoxy) is 1. The molecule has 1 aromatic rings. The van der Waals surface area contributed by atoms with Crippen molar-refractivity contribution in [2.45, 2.75) is 51.2 Å². The van der Waals surface area contributed by atoms with Crippen LogP contribution in [0.1, 0.15) is 37.7 Å². The number of nitrogens with one attached hydrogen (secondary N) is 1. The summed E-state index contributed by atoms with van der Waals surface area (Å²) in [7, 11) is 0.